The second-order valence-corrected chi connectivity index (χ2v) is 9.88. The van der Waals surface area contributed by atoms with Gasteiger partial charge in [-0.25, -0.2) is 4.98 Å². The quantitative estimate of drug-likeness (QED) is 0.519. The lowest BCUT2D eigenvalue weighted by atomic mass is 9.95. The number of quaternary nitrogens is 1. The predicted molar refractivity (Wildman–Crippen MR) is 123 cm³/mol. The summed E-state index contributed by atoms with van der Waals surface area (Å²) in [7, 11) is 1.70. The molecule has 2 amide bonds. The Morgan fingerprint density at radius 2 is 1.88 bits per heavy atom. The molecule has 1 fully saturated rings. The molecular weight excluding hydrogens is 428 g/mol. The molecule has 0 N–H and O–H groups in total. The van der Waals surface area contributed by atoms with Crippen molar-refractivity contribution in [3.8, 4) is 0 Å². The topological polar surface area (TPSA) is 76.6 Å². The van der Waals surface area contributed by atoms with E-state index in [0.717, 1.165) is 17.8 Å². The first-order valence-electron chi connectivity index (χ1n) is 10.8. The first-order chi connectivity index (χ1) is 15.0. The van der Waals surface area contributed by atoms with Crippen LogP contribution in [0.1, 0.15) is 43.7 Å². The van der Waals surface area contributed by atoms with Gasteiger partial charge >= 0.3 is 0 Å². The molecule has 1 saturated heterocycles. The van der Waals surface area contributed by atoms with Crippen LogP contribution in [0.2, 0.25) is 5.15 Å². The van der Waals surface area contributed by atoms with Gasteiger partial charge in [0.15, 0.2) is 0 Å². The van der Waals surface area contributed by atoms with E-state index in [1.165, 1.54) is 0 Å². The Hall–Kier alpha value is -2.48. The molecule has 2 heterocycles. The normalized spacial score (nSPS) is 21.9. The van der Waals surface area contributed by atoms with E-state index in [0.29, 0.717) is 25.3 Å². The number of benzene rings is 1. The molecule has 0 bridgehead atoms. The molecule has 0 radical (unpaired) electrons. The summed E-state index contributed by atoms with van der Waals surface area (Å²) < 4.78 is -0.0348. The number of hydrogen-bond donors (Lipinski definition) is 0. The zero-order valence-corrected chi connectivity index (χ0v) is 20.1. The van der Waals surface area contributed by atoms with Crippen LogP contribution >= 0.6 is 11.6 Å². The third-order valence-electron chi connectivity index (χ3n) is 6.54. The number of amides is 2. The maximum absolute atomic E-state index is 12.7. The van der Waals surface area contributed by atoms with E-state index in [1.807, 2.05) is 52.0 Å². The molecule has 0 aliphatic carbocycles. The first kappa shape index (κ1) is 24.2. The molecule has 7 nitrogen and oxygen atoms in total. The van der Waals surface area contributed by atoms with E-state index in [4.69, 9.17) is 11.6 Å². The van der Waals surface area contributed by atoms with Crippen molar-refractivity contribution in [2.75, 3.05) is 31.6 Å². The molecule has 3 rings (SSSR count). The summed E-state index contributed by atoms with van der Waals surface area (Å²) in [6.45, 7) is 10.5. The highest BCUT2D eigenvalue weighted by atomic mass is 35.5. The van der Waals surface area contributed by atoms with Crippen LogP contribution in [-0.4, -0.2) is 64.6 Å². The fourth-order valence-electron chi connectivity index (χ4n) is 4.71. The Balaban J connectivity index is 1.66. The van der Waals surface area contributed by atoms with Crippen LogP contribution in [-0.2, 0) is 6.54 Å². The van der Waals surface area contributed by atoms with Gasteiger partial charge in [0.25, 0.3) is 12.0 Å². The third kappa shape index (κ3) is 4.65. The van der Waals surface area contributed by atoms with Crippen molar-refractivity contribution in [2.24, 2.45) is 0 Å². The van der Waals surface area contributed by atoms with Crippen molar-refractivity contribution in [2.45, 2.75) is 45.8 Å². The fraction of sp³-hybridized carbons (Fsp3) is 0.458. The van der Waals surface area contributed by atoms with E-state index in [9.17, 15) is 14.7 Å². The number of piperazine rings is 1. The SMILES string of the molecule is C[C@H]1CN(Cc2ccc(N(C)C(=O)c3cccc(Cl)n3)cc2)CC[N+]1(C(=O)[O-])C(C)(C)C. The van der Waals surface area contributed by atoms with Crippen molar-refractivity contribution in [3.05, 3.63) is 58.9 Å². The molecule has 0 spiro atoms. The highest BCUT2D eigenvalue weighted by Crippen LogP contribution is 2.32. The number of carbonyl (C=O) groups excluding carboxylic acids is 2. The minimum atomic E-state index is -1.00. The first-order valence-corrected chi connectivity index (χ1v) is 11.1. The lowest BCUT2D eigenvalue weighted by Crippen LogP contribution is -2.76. The Kier molecular flexibility index (Phi) is 6.93. The van der Waals surface area contributed by atoms with Gasteiger partial charge in [-0.1, -0.05) is 29.8 Å². The van der Waals surface area contributed by atoms with Crippen LogP contribution in [0.4, 0.5) is 10.5 Å². The van der Waals surface area contributed by atoms with Crippen LogP contribution in [0, 0.1) is 0 Å². The van der Waals surface area contributed by atoms with Crippen LogP contribution in [0.3, 0.4) is 0 Å². The second kappa shape index (κ2) is 9.17. The molecule has 1 aromatic carbocycles. The molecule has 32 heavy (non-hydrogen) atoms. The smallest absolute Gasteiger partial charge is 0.276 e. The molecule has 2 atom stereocenters. The van der Waals surface area contributed by atoms with E-state index in [-0.39, 0.29) is 21.6 Å². The maximum atomic E-state index is 12.7. The van der Waals surface area contributed by atoms with E-state index < -0.39 is 11.6 Å². The molecule has 1 aliphatic rings. The summed E-state index contributed by atoms with van der Waals surface area (Å²) in [5.41, 5.74) is 1.72. The van der Waals surface area contributed by atoms with Gasteiger partial charge in [-0.2, -0.15) is 0 Å². The molecule has 172 valence electrons. The minimum Gasteiger partial charge on any atom is -0.498 e. The number of pyridine rings is 1. The van der Waals surface area contributed by atoms with Gasteiger partial charge in [-0.05, 0) is 57.5 Å². The number of aromatic nitrogens is 1. The maximum Gasteiger partial charge on any atom is 0.276 e. The minimum absolute atomic E-state index is 0.0348. The standard InChI is InChI=1S/C24H31ClN4O3/c1-17-15-28(13-14-29(17,23(31)32)24(2,3)4)16-18-9-11-19(12-10-18)27(5)22(30)20-7-6-8-21(25)26-20/h6-12,17H,13-16H2,1-5H3/t17-,29?/m0/s1. The molecule has 8 heteroatoms. The fourth-order valence-corrected chi connectivity index (χ4v) is 4.87. The summed E-state index contributed by atoms with van der Waals surface area (Å²) >= 11 is 5.90. The van der Waals surface area contributed by atoms with Gasteiger partial charge in [0.05, 0.1) is 18.6 Å². The van der Waals surface area contributed by atoms with Crippen LogP contribution < -0.4 is 10.0 Å². The summed E-state index contributed by atoms with van der Waals surface area (Å²) in [6.07, 6.45) is -1.00. The average molecular weight is 459 g/mol. The van der Waals surface area contributed by atoms with E-state index >= 15 is 0 Å². The van der Waals surface area contributed by atoms with Gasteiger partial charge < -0.3 is 14.8 Å². The number of rotatable bonds is 4. The number of hydrogen-bond acceptors (Lipinski definition) is 5. The number of anilines is 1. The van der Waals surface area contributed by atoms with Crippen LogP contribution in [0.15, 0.2) is 42.5 Å². The van der Waals surface area contributed by atoms with Crippen molar-refractivity contribution >= 4 is 29.3 Å². The Bertz CT molecular complexity index is 989. The van der Waals surface area contributed by atoms with Gasteiger partial charge in [-0.15, -0.1) is 0 Å². The Morgan fingerprint density at radius 1 is 1.22 bits per heavy atom. The number of nitrogens with zero attached hydrogens (tertiary/aromatic N) is 4. The average Bonchev–Trinajstić information content (AvgIpc) is 2.72. The van der Waals surface area contributed by atoms with Gasteiger partial charge in [0, 0.05) is 25.8 Å². The number of carbonyl (C=O) groups is 2. The van der Waals surface area contributed by atoms with Crippen molar-refractivity contribution in [1.82, 2.24) is 9.88 Å². The highest BCUT2D eigenvalue weighted by molar-refractivity contribution is 6.29. The van der Waals surface area contributed by atoms with Gasteiger partial charge in [0.1, 0.15) is 16.9 Å². The lowest BCUT2D eigenvalue weighted by molar-refractivity contribution is -0.943. The van der Waals surface area contributed by atoms with Crippen LogP contribution in [0.5, 0.6) is 0 Å². The monoisotopic (exact) mass is 458 g/mol. The van der Waals surface area contributed by atoms with Crippen molar-refractivity contribution in [3.63, 3.8) is 0 Å². The summed E-state index contributed by atoms with van der Waals surface area (Å²) in [6, 6.07) is 12.7. The lowest BCUT2D eigenvalue weighted by Gasteiger charge is -2.55. The molecular formula is C24H31ClN4O3. The van der Waals surface area contributed by atoms with Gasteiger partial charge in [0.2, 0.25) is 0 Å². The summed E-state index contributed by atoms with van der Waals surface area (Å²) in [5, 5.41) is 12.4. The molecule has 1 aromatic heterocycles. The van der Waals surface area contributed by atoms with Gasteiger partial charge in [-0.3, -0.25) is 14.2 Å². The zero-order valence-electron chi connectivity index (χ0n) is 19.3. The third-order valence-corrected chi connectivity index (χ3v) is 6.75. The zero-order chi connectivity index (χ0) is 23.7. The summed E-state index contributed by atoms with van der Waals surface area (Å²) in [5.74, 6) is -0.233. The Morgan fingerprint density at radius 3 is 2.41 bits per heavy atom. The van der Waals surface area contributed by atoms with E-state index in [1.54, 1.807) is 30.1 Å². The molecule has 1 aliphatic heterocycles. The van der Waals surface area contributed by atoms with Crippen LogP contribution in [0.25, 0.3) is 0 Å². The Labute approximate surface area is 194 Å². The van der Waals surface area contributed by atoms with Crippen molar-refractivity contribution < 1.29 is 19.2 Å². The molecule has 2 aromatic rings. The van der Waals surface area contributed by atoms with Crippen molar-refractivity contribution in [1.29, 1.82) is 0 Å². The second-order valence-electron chi connectivity index (χ2n) is 9.49. The molecule has 1 unspecified atom stereocenters. The highest BCUT2D eigenvalue weighted by Gasteiger charge is 2.49. The number of halogens is 1. The number of carboxylic acid groups (broad SMARTS) is 1. The van der Waals surface area contributed by atoms with E-state index in [2.05, 4.69) is 9.88 Å². The summed E-state index contributed by atoms with van der Waals surface area (Å²) in [4.78, 5) is 32.6. The predicted octanol–water partition coefficient (Wildman–Crippen LogP) is 3.17. The largest absolute Gasteiger partial charge is 0.498 e. The molecule has 0 saturated carbocycles.